The molecule has 0 rings (SSSR count). The van der Waals surface area contributed by atoms with Gasteiger partial charge in [-0.25, -0.2) is 0 Å². The number of hydrogen-bond donors (Lipinski definition) is 1. The highest BCUT2D eigenvalue weighted by molar-refractivity contribution is 7.86. The first kappa shape index (κ1) is 19.8. The number of carbonyl (C=O) groups is 2. The summed E-state index contributed by atoms with van der Waals surface area (Å²) >= 11 is 0. The topological polar surface area (TPSA) is 107 Å². The predicted molar refractivity (Wildman–Crippen MR) is 75.9 cm³/mol. The Hall–Kier alpha value is -1.23. The first-order chi connectivity index (χ1) is 9.62. The fourth-order valence-electron chi connectivity index (χ4n) is 1.33. The van der Waals surface area contributed by atoms with E-state index in [0.717, 1.165) is 8.61 Å². The van der Waals surface area contributed by atoms with Gasteiger partial charge < -0.3 is 14.7 Å². The van der Waals surface area contributed by atoms with Gasteiger partial charge >= 0.3 is 5.97 Å². The summed E-state index contributed by atoms with van der Waals surface area (Å²) in [4.78, 5) is 23.5. The highest BCUT2D eigenvalue weighted by Gasteiger charge is 2.29. The van der Waals surface area contributed by atoms with Crippen molar-refractivity contribution in [3.05, 3.63) is 0 Å². The Morgan fingerprint density at radius 3 is 2.14 bits per heavy atom. The average Bonchev–Trinajstić information content (AvgIpc) is 2.39. The number of carbonyl (C=O) groups excluding carboxylic acids is 1. The van der Waals surface area contributed by atoms with E-state index in [1.54, 1.807) is 0 Å². The molecule has 0 saturated carbocycles. The van der Waals surface area contributed by atoms with Crippen LogP contribution >= 0.6 is 0 Å². The normalized spacial score (nSPS) is 11.9. The molecule has 1 N–H and O–H groups in total. The van der Waals surface area contributed by atoms with Crippen molar-refractivity contribution in [2.75, 3.05) is 54.5 Å². The maximum Gasteiger partial charge on any atom is 0.304 e. The zero-order valence-electron chi connectivity index (χ0n) is 12.8. The van der Waals surface area contributed by atoms with Crippen molar-refractivity contribution >= 4 is 22.1 Å². The number of carboxylic acids is 1. The number of nitrogens with zero attached hydrogens (tertiary/aromatic N) is 3. The lowest BCUT2D eigenvalue weighted by Crippen LogP contribution is -2.48. The zero-order valence-corrected chi connectivity index (χ0v) is 13.6. The number of likely N-dealkylation sites (N-methyl/N-ethyl adjacent to an activating group) is 1. The molecule has 0 atom stereocenters. The Labute approximate surface area is 125 Å². The summed E-state index contributed by atoms with van der Waals surface area (Å²) in [6.07, 6.45) is -0.310. The number of methoxy groups -OCH3 is 1. The van der Waals surface area contributed by atoms with Crippen LogP contribution in [0.15, 0.2) is 0 Å². The molecule has 9 nitrogen and oxygen atoms in total. The van der Waals surface area contributed by atoms with Crippen LogP contribution in [-0.2, 0) is 24.5 Å². The Balaban J connectivity index is 5.00. The third kappa shape index (κ3) is 6.85. The molecule has 0 aromatic rings. The highest BCUT2D eigenvalue weighted by Crippen LogP contribution is 2.07. The summed E-state index contributed by atoms with van der Waals surface area (Å²) < 4.78 is 31.4. The Kier molecular flexibility index (Phi) is 8.40. The van der Waals surface area contributed by atoms with Gasteiger partial charge in [-0.2, -0.15) is 17.0 Å². The van der Waals surface area contributed by atoms with Crippen LogP contribution in [0.4, 0.5) is 0 Å². The van der Waals surface area contributed by atoms with Crippen LogP contribution < -0.4 is 0 Å². The van der Waals surface area contributed by atoms with E-state index in [0.29, 0.717) is 0 Å². The average molecular weight is 325 g/mol. The minimum atomic E-state index is -3.92. The lowest BCUT2D eigenvalue weighted by molar-refractivity contribution is -0.137. The first-order valence-electron chi connectivity index (χ1n) is 6.25. The minimum Gasteiger partial charge on any atom is -0.481 e. The smallest absolute Gasteiger partial charge is 0.304 e. The molecule has 0 spiro atoms. The van der Waals surface area contributed by atoms with Gasteiger partial charge in [0.2, 0.25) is 5.91 Å². The van der Waals surface area contributed by atoms with Crippen LogP contribution in [0, 0.1) is 0 Å². The molecule has 0 saturated heterocycles. The van der Waals surface area contributed by atoms with E-state index in [2.05, 4.69) is 0 Å². The maximum absolute atomic E-state index is 12.3. The van der Waals surface area contributed by atoms with Crippen molar-refractivity contribution in [1.82, 2.24) is 13.5 Å². The van der Waals surface area contributed by atoms with Crippen LogP contribution in [0.5, 0.6) is 0 Å². The van der Waals surface area contributed by atoms with Crippen molar-refractivity contribution in [3.8, 4) is 0 Å². The third-order valence-corrected chi connectivity index (χ3v) is 4.65. The van der Waals surface area contributed by atoms with Crippen molar-refractivity contribution < 1.29 is 27.9 Å². The number of hydrogen-bond acceptors (Lipinski definition) is 5. The fraction of sp³-hybridized carbons (Fsp3) is 0.818. The molecule has 0 fully saturated rings. The molecule has 0 heterocycles. The van der Waals surface area contributed by atoms with Crippen LogP contribution in [0.3, 0.4) is 0 Å². The first-order valence-corrected chi connectivity index (χ1v) is 7.65. The van der Waals surface area contributed by atoms with Gasteiger partial charge in [0, 0.05) is 41.3 Å². The summed E-state index contributed by atoms with van der Waals surface area (Å²) in [6, 6.07) is 0. The van der Waals surface area contributed by atoms with Crippen LogP contribution in [0.1, 0.15) is 6.42 Å². The summed E-state index contributed by atoms with van der Waals surface area (Å²) in [5.41, 5.74) is 0. The van der Waals surface area contributed by atoms with E-state index >= 15 is 0 Å². The molecule has 0 unspecified atom stereocenters. The molecule has 124 valence electrons. The molecular weight excluding hydrogens is 302 g/mol. The molecular formula is C11H23N3O6S. The van der Waals surface area contributed by atoms with E-state index in [4.69, 9.17) is 9.84 Å². The van der Waals surface area contributed by atoms with E-state index < -0.39 is 16.2 Å². The minimum absolute atomic E-state index is 0.00975. The largest absolute Gasteiger partial charge is 0.481 e. The van der Waals surface area contributed by atoms with Crippen molar-refractivity contribution in [3.63, 3.8) is 0 Å². The maximum atomic E-state index is 12.3. The van der Waals surface area contributed by atoms with E-state index in [1.165, 1.54) is 33.2 Å². The number of amides is 1. The fourth-order valence-corrected chi connectivity index (χ4v) is 2.62. The molecule has 21 heavy (non-hydrogen) atoms. The standard InChI is InChI=1S/C11H23N3O6S/c1-12(2)10(15)9-14(7-8-20-4)21(18,19)13(3)6-5-11(16)17/h5-9H2,1-4H3,(H,16,17). The lowest BCUT2D eigenvalue weighted by Gasteiger charge is -2.27. The van der Waals surface area contributed by atoms with Gasteiger partial charge in [0.05, 0.1) is 19.6 Å². The SMILES string of the molecule is COCCN(CC(=O)N(C)C)S(=O)(=O)N(C)CCC(=O)O. The monoisotopic (exact) mass is 325 g/mol. The second-order valence-corrected chi connectivity index (χ2v) is 6.62. The number of rotatable bonds is 10. The molecule has 0 aromatic heterocycles. The van der Waals surface area contributed by atoms with Gasteiger partial charge in [-0.15, -0.1) is 0 Å². The van der Waals surface area contributed by atoms with Gasteiger partial charge in [0.25, 0.3) is 10.2 Å². The molecule has 0 bridgehead atoms. The molecule has 0 aliphatic carbocycles. The van der Waals surface area contributed by atoms with E-state index in [-0.39, 0.29) is 38.6 Å². The summed E-state index contributed by atoms with van der Waals surface area (Å²) in [6.45, 7) is -0.351. The predicted octanol–water partition coefficient (Wildman–Crippen LogP) is -1.33. The van der Waals surface area contributed by atoms with Gasteiger partial charge in [0.1, 0.15) is 0 Å². The van der Waals surface area contributed by atoms with E-state index in [9.17, 15) is 18.0 Å². The summed E-state index contributed by atoms with van der Waals surface area (Å²) in [5, 5.41) is 8.61. The number of ether oxygens (including phenoxy) is 1. The van der Waals surface area contributed by atoms with Gasteiger partial charge in [0.15, 0.2) is 0 Å². The van der Waals surface area contributed by atoms with Crippen molar-refractivity contribution in [2.45, 2.75) is 6.42 Å². The van der Waals surface area contributed by atoms with Crippen LogP contribution in [-0.4, -0.2) is 93.4 Å². The Morgan fingerprint density at radius 2 is 1.71 bits per heavy atom. The van der Waals surface area contributed by atoms with E-state index in [1.807, 2.05) is 0 Å². The Bertz CT molecular complexity index is 451. The van der Waals surface area contributed by atoms with Gasteiger partial charge in [-0.3, -0.25) is 9.59 Å². The second kappa shape index (κ2) is 8.93. The number of aliphatic carboxylic acids is 1. The summed E-state index contributed by atoms with van der Waals surface area (Å²) in [5.74, 6) is -1.47. The van der Waals surface area contributed by atoms with Crippen LogP contribution in [0.2, 0.25) is 0 Å². The molecule has 0 radical (unpaired) electrons. The molecule has 0 aliphatic rings. The third-order valence-electron chi connectivity index (χ3n) is 2.72. The quantitative estimate of drug-likeness (QED) is 0.533. The van der Waals surface area contributed by atoms with Gasteiger partial charge in [-0.1, -0.05) is 0 Å². The second-order valence-electron chi connectivity index (χ2n) is 4.59. The van der Waals surface area contributed by atoms with Crippen LogP contribution in [0.25, 0.3) is 0 Å². The van der Waals surface area contributed by atoms with Gasteiger partial charge in [-0.05, 0) is 0 Å². The number of carboxylic acid groups (broad SMARTS) is 1. The molecule has 10 heteroatoms. The van der Waals surface area contributed by atoms with Crippen molar-refractivity contribution in [2.24, 2.45) is 0 Å². The summed E-state index contributed by atoms with van der Waals surface area (Å²) in [7, 11) is 1.83. The Morgan fingerprint density at radius 1 is 1.14 bits per heavy atom. The lowest BCUT2D eigenvalue weighted by atomic mass is 10.4. The zero-order chi connectivity index (χ0) is 16.6. The molecule has 0 aliphatic heterocycles. The van der Waals surface area contributed by atoms with Crippen molar-refractivity contribution in [1.29, 1.82) is 0 Å². The molecule has 0 aromatic carbocycles. The highest BCUT2D eigenvalue weighted by atomic mass is 32.2. The molecule has 1 amide bonds.